The summed E-state index contributed by atoms with van der Waals surface area (Å²) in [5.74, 6) is 0.697. The van der Waals surface area contributed by atoms with Crippen molar-refractivity contribution in [2.45, 2.75) is 13.8 Å². The number of rotatable bonds is 0. The molecule has 0 radical (unpaired) electrons. The van der Waals surface area contributed by atoms with Gasteiger partial charge in [-0.1, -0.05) is 35.9 Å². The van der Waals surface area contributed by atoms with Crippen LogP contribution in [0.1, 0.15) is 11.1 Å². The molecule has 0 amide bonds. The van der Waals surface area contributed by atoms with Crippen molar-refractivity contribution in [1.29, 1.82) is 0 Å². The first-order valence-electron chi connectivity index (χ1n) is 5.10. The van der Waals surface area contributed by atoms with E-state index in [0.717, 1.165) is 5.56 Å². The van der Waals surface area contributed by atoms with Crippen LogP contribution in [0.3, 0.4) is 0 Å². The Hall–Kier alpha value is -0.609. The van der Waals surface area contributed by atoms with Crippen LogP contribution in [0, 0.1) is 54.7 Å². The third-order valence-corrected chi connectivity index (χ3v) is 2.11. The Morgan fingerprint density at radius 3 is 1.76 bits per heavy atom. The van der Waals surface area contributed by atoms with E-state index in [-0.39, 0.29) is 40.8 Å². The van der Waals surface area contributed by atoms with E-state index < -0.39 is 0 Å². The molecular formula is C14H16NdO2. The molecule has 0 aliphatic rings. The largest absolute Gasteiger partial charge is 0.508 e. The number of para-hydroxylation sites is 1. The van der Waals surface area contributed by atoms with Gasteiger partial charge in [-0.25, -0.2) is 0 Å². The van der Waals surface area contributed by atoms with Gasteiger partial charge in [-0.05, 0) is 37.6 Å². The van der Waals surface area contributed by atoms with Crippen molar-refractivity contribution < 1.29 is 51.1 Å². The Labute approximate surface area is 135 Å². The zero-order valence-electron chi connectivity index (χ0n) is 10.0. The van der Waals surface area contributed by atoms with Crippen molar-refractivity contribution in [3.63, 3.8) is 0 Å². The van der Waals surface area contributed by atoms with Crippen LogP contribution in [0.2, 0.25) is 0 Å². The quantitative estimate of drug-likeness (QED) is 0.756. The van der Waals surface area contributed by atoms with Crippen molar-refractivity contribution in [2.75, 3.05) is 0 Å². The monoisotopic (exact) mass is 358 g/mol. The molecule has 0 saturated carbocycles. The fourth-order valence-corrected chi connectivity index (χ4v) is 1.23. The molecule has 0 heterocycles. The predicted molar refractivity (Wildman–Crippen MR) is 65.7 cm³/mol. The van der Waals surface area contributed by atoms with Gasteiger partial charge in [-0.3, -0.25) is 0 Å². The maximum absolute atomic E-state index is 9.04. The molecule has 2 nitrogen and oxygen atoms in total. The number of aryl methyl sites for hydroxylation is 2. The van der Waals surface area contributed by atoms with Crippen LogP contribution in [-0.4, -0.2) is 10.2 Å². The standard InChI is InChI=1S/C8H10O.C6H6O.Nd/c1-6-3-4-8(9)7(2)5-6;7-6-4-2-1-3-5-6;/h3-5,9H,1-2H3;1-5,7H;. The normalized spacial score (nSPS) is 8.59. The molecule has 17 heavy (non-hydrogen) atoms. The van der Waals surface area contributed by atoms with E-state index in [0.29, 0.717) is 11.5 Å². The van der Waals surface area contributed by atoms with Gasteiger partial charge in [0.15, 0.2) is 0 Å². The molecule has 2 aromatic rings. The van der Waals surface area contributed by atoms with Gasteiger partial charge >= 0.3 is 0 Å². The van der Waals surface area contributed by atoms with E-state index in [4.69, 9.17) is 10.2 Å². The van der Waals surface area contributed by atoms with Gasteiger partial charge in [-0.2, -0.15) is 0 Å². The molecule has 0 spiro atoms. The van der Waals surface area contributed by atoms with Gasteiger partial charge in [0.05, 0.1) is 0 Å². The minimum Gasteiger partial charge on any atom is -0.508 e. The van der Waals surface area contributed by atoms with Gasteiger partial charge in [0.25, 0.3) is 0 Å². The Morgan fingerprint density at radius 1 is 0.824 bits per heavy atom. The van der Waals surface area contributed by atoms with E-state index >= 15 is 0 Å². The molecule has 0 aliphatic heterocycles. The Balaban J connectivity index is 0.000000292. The van der Waals surface area contributed by atoms with Gasteiger partial charge in [0.2, 0.25) is 0 Å². The Morgan fingerprint density at radius 2 is 1.41 bits per heavy atom. The van der Waals surface area contributed by atoms with Crippen molar-refractivity contribution in [2.24, 2.45) is 0 Å². The number of phenols is 2. The van der Waals surface area contributed by atoms with Crippen molar-refractivity contribution in [3.05, 3.63) is 59.7 Å². The van der Waals surface area contributed by atoms with Gasteiger partial charge in [0, 0.05) is 40.8 Å². The second-order valence-corrected chi connectivity index (χ2v) is 3.63. The average molecular weight is 361 g/mol. The van der Waals surface area contributed by atoms with Crippen LogP contribution in [0.25, 0.3) is 0 Å². The predicted octanol–water partition coefficient (Wildman–Crippen LogP) is 3.40. The number of aromatic hydroxyl groups is 2. The van der Waals surface area contributed by atoms with E-state index in [2.05, 4.69) is 0 Å². The summed E-state index contributed by atoms with van der Waals surface area (Å²) in [6, 6.07) is 14.3. The summed E-state index contributed by atoms with van der Waals surface area (Å²) in [6.45, 7) is 3.90. The van der Waals surface area contributed by atoms with Crippen LogP contribution in [0.15, 0.2) is 48.5 Å². The van der Waals surface area contributed by atoms with Crippen LogP contribution in [0.5, 0.6) is 11.5 Å². The molecule has 88 valence electrons. The summed E-state index contributed by atoms with van der Waals surface area (Å²) < 4.78 is 0. The summed E-state index contributed by atoms with van der Waals surface area (Å²) >= 11 is 0. The Kier molecular flexibility index (Phi) is 8.17. The van der Waals surface area contributed by atoms with E-state index in [1.165, 1.54) is 5.56 Å². The van der Waals surface area contributed by atoms with Gasteiger partial charge in [0.1, 0.15) is 11.5 Å². The molecule has 0 unspecified atom stereocenters. The molecule has 0 fully saturated rings. The molecule has 0 saturated heterocycles. The minimum atomic E-state index is 0. The summed E-state index contributed by atoms with van der Waals surface area (Å²) in [5, 5.41) is 17.7. The third kappa shape index (κ3) is 6.64. The van der Waals surface area contributed by atoms with E-state index in [9.17, 15) is 0 Å². The van der Waals surface area contributed by atoms with E-state index in [1.54, 1.807) is 30.3 Å². The zero-order valence-corrected chi connectivity index (χ0v) is 13.2. The number of phenolic OH excluding ortho intramolecular Hbond substituents is 2. The topological polar surface area (TPSA) is 40.5 Å². The molecule has 0 aromatic heterocycles. The van der Waals surface area contributed by atoms with Crippen LogP contribution < -0.4 is 0 Å². The number of benzene rings is 2. The molecule has 2 rings (SSSR count). The van der Waals surface area contributed by atoms with Crippen LogP contribution in [0.4, 0.5) is 0 Å². The fraction of sp³-hybridized carbons (Fsp3) is 0.143. The summed E-state index contributed by atoms with van der Waals surface area (Å²) in [4.78, 5) is 0. The Bertz CT molecular complexity index is 441. The molecule has 2 N–H and O–H groups in total. The maximum Gasteiger partial charge on any atom is 0.118 e. The van der Waals surface area contributed by atoms with E-state index in [1.807, 2.05) is 32.0 Å². The fourth-order valence-electron chi connectivity index (χ4n) is 1.23. The first-order chi connectivity index (χ1) is 7.59. The minimum absolute atomic E-state index is 0. The molecule has 0 bridgehead atoms. The van der Waals surface area contributed by atoms with Crippen LogP contribution in [-0.2, 0) is 0 Å². The van der Waals surface area contributed by atoms with Crippen molar-refractivity contribution >= 4 is 0 Å². The molecular weight excluding hydrogens is 344 g/mol. The second-order valence-electron chi connectivity index (χ2n) is 3.63. The van der Waals surface area contributed by atoms with Crippen molar-refractivity contribution in [3.8, 4) is 11.5 Å². The zero-order chi connectivity index (χ0) is 12.0. The maximum atomic E-state index is 9.04. The SMILES string of the molecule is Cc1ccc(O)c(C)c1.Oc1ccccc1.[Nd]. The summed E-state index contributed by atoms with van der Waals surface area (Å²) in [7, 11) is 0. The first-order valence-corrected chi connectivity index (χ1v) is 5.10. The van der Waals surface area contributed by atoms with Crippen molar-refractivity contribution in [1.82, 2.24) is 0 Å². The molecule has 0 atom stereocenters. The molecule has 0 aliphatic carbocycles. The number of hydrogen-bond donors (Lipinski definition) is 2. The smallest absolute Gasteiger partial charge is 0.118 e. The molecule has 2 aromatic carbocycles. The summed E-state index contributed by atoms with van der Waals surface area (Å²) in [5.41, 5.74) is 2.13. The number of hydrogen-bond acceptors (Lipinski definition) is 2. The average Bonchev–Trinajstić information content (AvgIpc) is 2.26. The second kappa shape index (κ2) is 8.48. The van der Waals surface area contributed by atoms with Gasteiger partial charge < -0.3 is 10.2 Å². The van der Waals surface area contributed by atoms with Crippen LogP contribution >= 0.6 is 0 Å². The third-order valence-electron chi connectivity index (χ3n) is 2.11. The first kappa shape index (κ1) is 16.4. The molecule has 3 heteroatoms. The van der Waals surface area contributed by atoms with Gasteiger partial charge in [-0.15, -0.1) is 0 Å². The summed E-state index contributed by atoms with van der Waals surface area (Å²) in [6.07, 6.45) is 0.